The zero-order valence-electron chi connectivity index (χ0n) is 9.41. The van der Waals surface area contributed by atoms with Gasteiger partial charge in [-0.25, -0.2) is 4.79 Å². The monoisotopic (exact) mass is 415 g/mol. The molecule has 100 valence electrons. The van der Waals surface area contributed by atoms with Gasteiger partial charge in [0, 0.05) is 0 Å². The molecule has 0 fully saturated rings. The van der Waals surface area contributed by atoms with Crippen LogP contribution in [0, 0.1) is 0 Å². The molecule has 0 aliphatic carbocycles. The molecular formula is C10H11Br2NO3S2. The van der Waals surface area contributed by atoms with Crippen molar-refractivity contribution in [2.24, 2.45) is 0 Å². The first-order valence-electron chi connectivity index (χ1n) is 4.93. The first kappa shape index (κ1) is 16.0. The number of hydrogen-bond acceptors (Lipinski definition) is 4. The average Bonchev–Trinajstić information content (AvgIpc) is 2.63. The fourth-order valence-electron chi connectivity index (χ4n) is 1.22. The number of rotatable bonds is 6. The quantitative estimate of drug-likeness (QED) is 0.747. The second-order valence-electron chi connectivity index (χ2n) is 3.38. The summed E-state index contributed by atoms with van der Waals surface area (Å²) in [5.41, 5.74) is 0.447. The first-order valence-corrected chi connectivity index (χ1v) is 8.72. The van der Waals surface area contributed by atoms with Crippen LogP contribution in [0.25, 0.3) is 0 Å². The lowest BCUT2D eigenvalue weighted by atomic mass is 10.2. The standard InChI is InChI=1S/C10H11Br2NO3S2/c1-17-3-2-6(10(15)16)13-9(14)5-4-7(11)18-8(5)12/h4,6H,2-3H2,1H3,(H,13,14)(H,15,16)/t6-/m1/s1. The summed E-state index contributed by atoms with van der Waals surface area (Å²) in [6.45, 7) is 0. The van der Waals surface area contributed by atoms with Gasteiger partial charge in [0.15, 0.2) is 0 Å². The van der Waals surface area contributed by atoms with Crippen molar-refractivity contribution in [3.63, 3.8) is 0 Å². The number of thioether (sulfide) groups is 1. The molecule has 0 saturated heterocycles. The summed E-state index contributed by atoms with van der Waals surface area (Å²) >= 11 is 9.47. The van der Waals surface area contributed by atoms with Gasteiger partial charge in [-0.05, 0) is 56.4 Å². The lowest BCUT2D eigenvalue weighted by Crippen LogP contribution is -2.41. The second kappa shape index (κ2) is 7.52. The van der Waals surface area contributed by atoms with Crippen LogP contribution in [0.4, 0.5) is 0 Å². The van der Waals surface area contributed by atoms with E-state index < -0.39 is 12.0 Å². The van der Waals surface area contributed by atoms with E-state index in [9.17, 15) is 9.59 Å². The maximum absolute atomic E-state index is 11.9. The molecule has 0 radical (unpaired) electrons. The fraction of sp³-hybridized carbons (Fsp3) is 0.400. The van der Waals surface area contributed by atoms with Crippen LogP contribution in [0.1, 0.15) is 16.8 Å². The number of carboxylic acid groups (broad SMARTS) is 1. The Kier molecular flexibility index (Phi) is 6.68. The van der Waals surface area contributed by atoms with Gasteiger partial charge < -0.3 is 10.4 Å². The van der Waals surface area contributed by atoms with E-state index in [1.54, 1.807) is 17.8 Å². The SMILES string of the molecule is CSCC[C@@H](NC(=O)c1cc(Br)sc1Br)C(=O)O. The molecule has 0 spiro atoms. The highest BCUT2D eigenvalue weighted by molar-refractivity contribution is 9.12. The molecule has 1 heterocycles. The van der Waals surface area contributed by atoms with Gasteiger partial charge in [0.25, 0.3) is 5.91 Å². The van der Waals surface area contributed by atoms with Crippen LogP contribution in [-0.2, 0) is 4.79 Å². The van der Waals surface area contributed by atoms with Crippen molar-refractivity contribution >= 4 is 66.8 Å². The molecule has 1 amide bonds. The van der Waals surface area contributed by atoms with Gasteiger partial charge in [0.05, 0.1) is 13.1 Å². The lowest BCUT2D eigenvalue weighted by molar-refractivity contribution is -0.139. The van der Waals surface area contributed by atoms with E-state index in [-0.39, 0.29) is 5.91 Å². The molecule has 18 heavy (non-hydrogen) atoms. The molecule has 1 rings (SSSR count). The molecule has 0 bridgehead atoms. The third kappa shape index (κ3) is 4.56. The number of nitrogens with one attached hydrogen (secondary N) is 1. The summed E-state index contributed by atoms with van der Waals surface area (Å²) in [5.74, 6) is -0.702. The van der Waals surface area contributed by atoms with Gasteiger partial charge in [-0.1, -0.05) is 0 Å². The molecule has 1 aromatic rings. The predicted molar refractivity (Wildman–Crippen MR) is 81.6 cm³/mol. The number of halogens is 2. The zero-order chi connectivity index (χ0) is 13.7. The van der Waals surface area contributed by atoms with Crippen LogP contribution in [0.3, 0.4) is 0 Å². The minimum Gasteiger partial charge on any atom is -0.480 e. The molecule has 1 atom stereocenters. The number of carbonyl (C=O) groups is 2. The van der Waals surface area contributed by atoms with Gasteiger partial charge >= 0.3 is 5.97 Å². The maximum atomic E-state index is 11.9. The minimum atomic E-state index is -1.01. The van der Waals surface area contributed by atoms with Crippen LogP contribution < -0.4 is 5.32 Å². The van der Waals surface area contributed by atoms with Crippen LogP contribution in [-0.4, -0.2) is 35.0 Å². The highest BCUT2D eigenvalue weighted by Crippen LogP contribution is 2.31. The molecule has 1 aromatic heterocycles. The third-order valence-corrected chi connectivity index (χ3v) is 5.10. The maximum Gasteiger partial charge on any atom is 0.326 e. The lowest BCUT2D eigenvalue weighted by Gasteiger charge is -2.13. The van der Waals surface area contributed by atoms with E-state index in [1.807, 2.05) is 6.26 Å². The average molecular weight is 417 g/mol. The summed E-state index contributed by atoms with van der Waals surface area (Å²) in [7, 11) is 0. The van der Waals surface area contributed by atoms with Crippen LogP contribution >= 0.6 is 55.0 Å². The highest BCUT2D eigenvalue weighted by atomic mass is 79.9. The number of amides is 1. The molecule has 0 saturated carbocycles. The Hall–Kier alpha value is -0.0500. The van der Waals surface area contributed by atoms with E-state index in [4.69, 9.17) is 5.11 Å². The van der Waals surface area contributed by atoms with Gasteiger partial charge in [0.1, 0.15) is 6.04 Å². The molecule has 2 N–H and O–H groups in total. The summed E-state index contributed by atoms with van der Waals surface area (Å²) in [4.78, 5) is 23.0. The number of carbonyl (C=O) groups excluding carboxylic acids is 1. The Labute approximate surface area is 130 Å². The summed E-state index contributed by atoms with van der Waals surface area (Å²) in [6.07, 6.45) is 2.30. The number of hydrogen-bond donors (Lipinski definition) is 2. The minimum absolute atomic E-state index is 0.377. The molecule has 0 aromatic carbocycles. The normalized spacial score (nSPS) is 12.2. The van der Waals surface area contributed by atoms with Gasteiger partial charge in [-0.3, -0.25) is 4.79 Å². The molecule has 0 unspecified atom stereocenters. The van der Waals surface area contributed by atoms with Gasteiger partial charge in [-0.15, -0.1) is 11.3 Å². The Balaban J connectivity index is 2.72. The molecule has 8 heteroatoms. The second-order valence-corrected chi connectivity index (χ2v) is 8.12. The summed E-state index contributed by atoms with van der Waals surface area (Å²) in [6, 6.07) is 0.813. The fourth-order valence-corrected chi connectivity index (χ4v) is 4.49. The Morgan fingerprint density at radius 2 is 2.22 bits per heavy atom. The van der Waals surface area contributed by atoms with Crippen molar-refractivity contribution in [3.8, 4) is 0 Å². The summed E-state index contributed by atoms with van der Waals surface area (Å²) in [5, 5.41) is 11.6. The number of carboxylic acids is 1. The van der Waals surface area contributed by atoms with Crippen LogP contribution in [0.15, 0.2) is 13.6 Å². The molecular weight excluding hydrogens is 406 g/mol. The number of aliphatic carboxylic acids is 1. The highest BCUT2D eigenvalue weighted by Gasteiger charge is 2.22. The van der Waals surface area contributed by atoms with Gasteiger partial charge in [-0.2, -0.15) is 11.8 Å². The van der Waals surface area contributed by atoms with Crippen molar-refractivity contribution < 1.29 is 14.7 Å². The smallest absolute Gasteiger partial charge is 0.326 e. The largest absolute Gasteiger partial charge is 0.480 e. The van der Waals surface area contributed by atoms with Crippen molar-refractivity contribution in [1.82, 2.24) is 5.32 Å². The topological polar surface area (TPSA) is 66.4 Å². The molecule has 0 aliphatic rings. The van der Waals surface area contributed by atoms with Crippen molar-refractivity contribution in [1.29, 1.82) is 0 Å². The van der Waals surface area contributed by atoms with Crippen LogP contribution in [0.2, 0.25) is 0 Å². The first-order chi connectivity index (χ1) is 8.45. The van der Waals surface area contributed by atoms with E-state index in [2.05, 4.69) is 37.2 Å². The summed E-state index contributed by atoms with van der Waals surface area (Å²) < 4.78 is 1.50. The van der Waals surface area contributed by atoms with Crippen molar-refractivity contribution in [2.45, 2.75) is 12.5 Å². The Bertz CT molecular complexity index is 450. The van der Waals surface area contributed by atoms with E-state index in [0.29, 0.717) is 21.5 Å². The van der Waals surface area contributed by atoms with E-state index >= 15 is 0 Å². The molecule has 4 nitrogen and oxygen atoms in total. The van der Waals surface area contributed by atoms with Crippen molar-refractivity contribution in [3.05, 3.63) is 19.2 Å². The predicted octanol–water partition coefficient (Wildman–Crippen LogP) is 3.21. The van der Waals surface area contributed by atoms with Gasteiger partial charge in [0.2, 0.25) is 0 Å². The third-order valence-electron chi connectivity index (χ3n) is 2.12. The number of thiophene rings is 1. The van der Waals surface area contributed by atoms with E-state index in [1.165, 1.54) is 11.3 Å². The Morgan fingerprint density at radius 1 is 1.56 bits per heavy atom. The zero-order valence-corrected chi connectivity index (χ0v) is 14.2. The Morgan fingerprint density at radius 3 is 2.67 bits per heavy atom. The van der Waals surface area contributed by atoms with Crippen LogP contribution in [0.5, 0.6) is 0 Å². The van der Waals surface area contributed by atoms with E-state index in [0.717, 1.165) is 3.79 Å². The molecule has 0 aliphatic heterocycles. The van der Waals surface area contributed by atoms with Crippen molar-refractivity contribution in [2.75, 3.05) is 12.0 Å².